The third kappa shape index (κ3) is 1.64. The largest absolute Gasteiger partial charge is 0.506 e. The molecule has 2 aromatic carbocycles. The van der Waals surface area contributed by atoms with Crippen LogP contribution in [0.4, 0.5) is 0 Å². The molecule has 1 heterocycles. The van der Waals surface area contributed by atoms with Crippen LogP contribution in [-0.2, 0) is 0 Å². The highest BCUT2D eigenvalue weighted by molar-refractivity contribution is 6.33. The standard InChI is InChI=1S/C14H10ClNO3/c1-19-14-9(15)6-5-8-12(14)16-11-7(13(8)18)3-2-4-10(11)17/h2-6,17H,1H3,(H,16,18). The number of phenolic OH excluding ortho intramolecular Hbond substituents is 1. The molecular formula is C14H10ClNO3. The van der Waals surface area contributed by atoms with E-state index < -0.39 is 0 Å². The third-order valence-electron chi connectivity index (χ3n) is 3.10. The quantitative estimate of drug-likeness (QED) is 0.671. The highest BCUT2D eigenvalue weighted by Crippen LogP contribution is 2.33. The molecule has 0 radical (unpaired) electrons. The SMILES string of the molecule is COc1c(Cl)ccc2c(=O)c3cccc(O)c3[nH]c12. The summed E-state index contributed by atoms with van der Waals surface area (Å²) in [7, 11) is 1.48. The first-order chi connectivity index (χ1) is 9.13. The molecule has 0 fully saturated rings. The van der Waals surface area contributed by atoms with Gasteiger partial charge in [0.1, 0.15) is 5.75 Å². The predicted octanol–water partition coefficient (Wildman–Crippen LogP) is 3.05. The highest BCUT2D eigenvalue weighted by Gasteiger charge is 2.13. The predicted molar refractivity (Wildman–Crippen MR) is 75.3 cm³/mol. The number of H-pyrrole nitrogens is 1. The molecule has 3 rings (SSSR count). The van der Waals surface area contributed by atoms with E-state index in [-0.39, 0.29) is 11.2 Å². The molecule has 1 aromatic heterocycles. The molecule has 5 heteroatoms. The smallest absolute Gasteiger partial charge is 0.197 e. The maximum atomic E-state index is 12.4. The lowest BCUT2D eigenvalue weighted by molar-refractivity contribution is 0.419. The van der Waals surface area contributed by atoms with Gasteiger partial charge in [0, 0.05) is 5.39 Å². The monoisotopic (exact) mass is 275 g/mol. The minimum Gasteiger partial charge on any atom is -0.506 e. The van der Waals surface area contributed by atoms with Gasteiger partial charge in [0.05, 0.1) is 28.6 Å². The van der Waals surface area contributed by atoms with Gasteiger partial charge >= 0.3 is 0 Å². The van der Waals surface area contributed by atoms with Gasteiger partial charge in [-0.2, -0.15) is 0 Å². The molecule has 0 saturated carbocycles. The fourth-order valence-corrected chi connectivity index (χ4v) is 2.44. The number of hydrogen-bond acceptors (Lipinski definition) is 3. The summed E-state index contributed by atoms with van der Waals surface area (Å²) in [6, 6.07) is 8.07. The van der Waals surface area contributed by atoms with Crippen molar-refractivity contribution in [1.82, 2.24) is 4.98 Å². The molecule has 0 unspecified atom stereocenters. The zero-order valence-electron chi connectivity index (χ0n) is 10.0. The average Bonchev–Trinajstić information content (AvgIpc) is 2.40. The average molecular weight is 276 g/mol. The van der Waals surface area contributed by atoms with Gasteiger partial charge in [-0.15, -0.1) is 0 Å². The Bertz CT molecular complexity index is 855. The molecule has 0 aliphatic carbocycles. The number of ether oxygens (including phenoxy) is 1. The summed E-state index contributed by atoms with van der Waals surface area (Å²) in [6.07, 6.45) is 0. The van der Waals surface area contributed by atoms with Crippen LogP contribution in [0.15, 0.2) is 35.1 Å². The van der Waals surface area contributed by atoms with Crippen molar-refractivity contribution in [3.63, 3.8) is 0 Å². The van der Waals surface area contributed by atoms with Gasteiger partial charge in [-0.3, -0.25) is 4.79 Å². The minimum atomic E-state index is -0.172. The lowest BCUT2D eigenvalue weighted by Gasteiger charge is -2.09. The summed E-state index contributed by atoms with van der Waals surface area (Å²) in [5, 5.41) is 11.1. The van der Waals surface area contributed by atoms with Crippen molar-refractivity contribution in [1.29, 1.82) is 0 Å². The van der Waals surface area contributed by atoms with Crippen LogP contribution in [0.1, 0.15) is 0 Å². The molecule has 0 aliphatic rings. The zero-order chi connectivity index (χ0) is 13.6. The molecule has 0 saturated heterocycles. The molecule has 0 bridgehead atoms. The number of hydrogen-bond donors (Lipinski definition) is 2. The van der Waals surface area contributed by atoms with E-state index in [0.29, 0.717) is 32.6 Å². The van der Waals surface area contributed by atoms with Crippen LogP contribution in [0, 0.1) is 0 Å². The van der Waals surface area contributed by atoms with Crippen molar-refractivity contribution in [3.05, 3.63) is 45.6 Å². The van der Waals surface area contributed by atoms with Gasteiger partial charge in [0.2, 0.25) is 0 Å². The number of rotatable bonds is 1. The Labute approximate surface area is 113 Å². The summed E-state index contributed by atoms with van der Waals surface area (Å²) in [5.41, 5.74) is 0.684. The van der Waals surface area contributed by atoms with Crippen LogP contribution < -0.4 is 10.2 Å². The highest BCUT2D eigenvalue weighted by atomic mass is 35.5. The Morgan fingerprint density at radius 1 is 1.16 bits per heavy atom. The van der Waals surface area contributed by atoms with Gasteiger partial charge in [0.25, 0.3) is 0 Å². The van der Waals surface area contributed by atoms with Crippen LogP contribution in [-0.4, -0.2) is 17.2 Å². The molecule has 2 N–H and O–H groups in total. The van der Waals surface area contributed by atoms with Crippen LogP contribution in [0.3, 0.4) is 0 Å². The van der Waals surface area contributed by atoms with Crippen molar-refractivity contribution < 1.29 is 9.84 Å². The number of aromatic amines is 1. The molecule has 0 amide bonds. The fourth-order valence-electron chi connectivity index (χ4n) is 2.20. The van der Waals surface area contributed by atoms with Gasteiger partial charge in [-0.1, -0.05) is 17.7 Å². The number of phenols is 1. The normalized spacial score (nSPS) is 11.1. The van der Waals surface area contributed by atoms with Crippen molar-refractivity contribution in [2.45, 2.75) is 0 Å². The maximum Gasteiger partial charge on any atom is 0.197 e. The van der Waals surface area contributed by atoms with E-state index in [1.807, 2.05) is 0 Å². The van der Waals surface area contributed by atoms with E-state index in [0.717, 1.165) is 0 Å². The molecule has 4 nitrogen and oxygen atoms in total. The van der Waals surface area contributed by atoms with Crippen molar-refractivity contribution in [2.24, 2.45) is 0 Å². The Kier molecular flexibility index (Phi) is 2.61. The summed E-state index contributed by atoms with van der Waals surface area (Å²) in [6.45, 7) is 0. The maximum absolute atomic E-state index is 12.4. The van der Waals surface area contributed by atoms with E-state index in [9.17, 15) is 9.90 Å². The van der Waals surface area contributed by atoms with Gasteiger partial charge in [-0.05, 0) is 24.3 Å². The number of methoxy groups -OCH3 is 1. The van der Waals surface area contributed by atoms with Crippen molar-refractivity contribution >= 4 is 33.4 Å². The first-order valence-corrected chi connectivity index (χ1v) is 6.01. The molecule has 0 spiro atoms. The second-order valence-corrected chi connectivity index (χ2v) is 4.56. The Morgan fingerprint density at radius 2 is 1.89 bits per heavy atom. The third-order valence-corrected chi connectivity index (χ3v) is 3.39. The molecule has 96 valence electrons. The second kappa shape index (κ2) is 4.17. The zero-order valence-corrected chi connectivity index (χ0v) is 10.8. The Morgan fingerprint density at radius 3 is 2.63 bits per heavy atom. The molecule has 0 aliphatic heterocycles. The number of benzene rings is 2. The number of halogens is 1. The Balaban J connectivity index is 2.62. The minimum absolute atomic E-state index is 0.0125. The summed E-state index contributed by atoms with van der Waals surface area (Å²) in [5.74, 6) is 0.403. The van der Waals surface area contributed by atoms with E-state index in [1.165, 1.54) is 13.2 Å². The first kappa shape index (κ1) is 11.9. The summed E-state index contributed by atoms with van der Waals surface area (Å²) >= 11 is 6.04. The number of aromatic nitrogens is 1. The van der Waals surface area contributed by atoms with Crippen LogP contribution in [0.25, 0.3) is 21.8 Å². The summed E-state index contributed by atoms with van der Waals surface area (Å²) < 4.78 is 5.22. The van der Waals surface area contributed by atoms with Gasteiger partial charge in [0.15, 0.2) is 11.2 Å². The lowest BCUT2D eigenvalue weighted by Crippen LogP contribution is -2.05. The van der Waals surface area contributed by atoms with Crippen LogP contribution in [0.2, 0.25) is 5.02 Å². The van der Waals surface area contributed by atoms with Crippen molar-refractivity contribution in [2.75, 3.05) is 7.11 Å². The van der Waals surface area contributed by atoms with Crippen LogP contribution in [0.5, 0.6) is 11.5 Å². The number of para-hydroxylation sites is 1. The second-order valence-electron chi connectivity index (χ2n) is 4.16. The fraction of sp³-hybridized carbons (Fsp3) is 0.0714. The first-order valence-electron chi connectivity index (χ1n) is 5.63. The van der Waals surface area contributed by atoms with E-state index in [4.69, 9.17) is 16.3 Å². The topological polar surface area (TPSA) is 62.3 Å². The molecule has 3 aromatic rings. The van der Waals surface area contributed by atoms with Gasteiger partial charge in [-0.25, -0.2) is 0 Å². The number of aromatic hydroxyl groups is 1. The van der Waals surface area contributed by atoms with E-state index in [2.05, 4.69) is 4.98 Å². The molecular weight excluding hydrogens is 266 g/mol. The number of fused-ring (bicyclic) bond motifs is 2. The van der Waals surface area contributed by atoms with E-state index in [1.54, 1.807) is 24.3 Å². The molecule has 19 heavy (non-hydrogen) atoms. The van der Waals surface area contributed by atoms with Crippen molar-refractivity contribution in [3.8, 4) is 11.5 Å². The lowest BCUT2D eigenvalue weighted by atomic mass is 10.1. The molecule has 0 atom stereocenters. The van der Waals surface area contributed by atoms with Crippen LogP contribution >= 0.6 is 11.6 Å². The summed E-state index contributed by atoms with van der Waals surface area (Å²) in [4.78, 5) is 15.4. The van der Waals surface area contributed by atoms with Gasteiger partial charge < -0.3 is 14.8 Å². The van der Waals surface area contributed by atoms with E-state index >= 15 is 0 Å². The number of nitrogens with one attached hydrogen (secondary N) is 1. The number of pyridine rings is 1. The Hall–Kier alpha value is -2.20.